The smallest absolute Gasteiger partial charge is 0.251 e. The third-order valence-corrected chi connectivity index (χ3v) is 3.33. The second-order valence-electron chi connectivity index (χ2n) is 5.63. The van der Waals surface area contributed by atoms with Gasteiger partial charge in [-0.15, -0.1) is 0 Å². The molecular formula is C19H20N2O2. The molecule has 0 aliphatic rings. The third kappa shape index (κ3) is 4.58. The average Bonchev–Trinajstić information content (AvgIpc) is 2.54. The van der Waals surface area contributed by atoms with E-state index in [4.69, 9.17) is 10.00 Å². The van der Waals surface area contributed by atoms with Gasteiger partial charge in [0.15, 0.2) is 0 Å². The zero-order valence-electron chi connectivity index (χ0n) is 13.5. The molecule has 0 bridgehead atoms. The fourth-order valence-corrected chi connectivity index (χ4v) is 2.22. The molecule has 0 spiro atoms. The monoisotopic (exact) mass is 308 g/mol. The van der Waals surface area contributed by atoms with E-state index in [0.717, 1.165) is 11.3 Å². The highest BCUT2D eigenvalue weighted by Crippen LogP contribution is 2.20. The van der Waals surface area contributed by atoms with Crippen LogP contribution in [0.25, 0.3) is 0 Å². The van der Waals surface area contributed by atoms with Crippen LogP contribution in [-0.2, 0) is 0 Å². The molecule has 1 amide bonds. The van der Waals surface area contributed by atoms with E-state index < -0.39 is 0 Å². The van der Waals surface area contributed by atoms with Crippen molar-refractivity contribution in [3.63, 3.8) is 0 Å². The lowest BCUT2D eigenvalue weighted by Gasteiger charge is -2.16. The first-order valence-corrected chi connectivity index (χ1v) is 7.57. The van der Waals surface area contributed by atoms with Crippen LogP contribution in [0.3, 0.4) is 0 Å². The lowest BCUT2D eigenvalue weighted by Crippen LogP contribution is -2.26. The minimum Gasteiger partial charge on any atom is -0.491 e. The molecule has 0 aliphatic carbocycles. The molecule has 1 N–H and O–H groups in total. The molecule has 0 radical (unpaired) electrons. The molecule has 118 valence electrons. The van der Waals surface area contributed by atoms with Crippen LogP contribution in [0.4, 0.5) is 0 Å². The van der Waals surface area contributed by atoms with Crippen molar-refractivity contribution in [3.05, 3.63) is 65.2 Å². The number of hydrogen-bond donors (Lipinski definition) is 1. The van der Waals surface area contributed by atoms with Crippen LogP contribution < -0.4 is 10.1 Å². The molecule has 0 fully saturated rings. The molecule has 0 heterocycles. The molecule has 1 atom stereocenters. The Morgan fingerprint density at radius 1 is 1.13 bits per heavy atom. The molecule has 4 nitrogen and oxygen atoms in total. The molecule has 23 heavy (non-hydrogen) atoms. The van der Waals surface area contributed by atoms with E-state index in [2.05, 4.69) is 5.32 Å². The summed E-state index contributed by atoms with van der Waals surface area (Å²) in [6, 6.07) is 16.2. The van der Waals surface area contributed by atoms with Crippen LogP contribution in [0.2, 0.25) is 0 Å². The van der Waals surface area contributed by atoms with Crippen molar-refractivity contribution >= 4 is 5.91 Å². The van der Waals surface area contributed by atoms with Crippen LogP contribution in [0.15, 0.2) is 48.5 Å². The zero-order chi connectivity index (χ0) is 16.8. The van der Waals surface area contributed by atoms with Gasteiger partial charge in [-0.25, -0.2) is 0 Å². The van der Waals surface area contributed by atoms with E-state index in [-0.39, 0.29) is 18.1 Å². The number of carbonyl (C=O) groups is 1. The Labute approximate surface area is 136 Å². The summed E-state index contributed by atoms with van der Waals surface area (Å²) >= 11 is 0. The van der Waals surface area contributed by atoms with Gasteiger partial charge in [0.2, 0.25) is 0 Å². The van der Waals surface area contributed by atoms with Crippen LogP contribution in [0.5, 0.6) is 5.75 Å². The van der Waals surface area contributed by atoms with Gasteiger partial charge in [0.25, 0.3) is 5.91 Å². The van der Waals surface area contributed by atoms with Gasteiger partial charge in [0, 0.05) is 5.56 Å². The molecule has 0 aromatic heterocycles. The second kappa shape index (κ2) is 7.46. The summed E-state index contributed by atoms with van der Waals surface area (Å²) in [5.41, 5.74) is 1.91. The summed E-state index contributed by atoms with van der Waals surface area (Å²) in [5.74, 6) is 0.579. The fourth-order valence-electron chi connectivity index (χ4n) is 2.22. The zero-order valence-corrected chi connectivity index (χ0v) is 13.5. The van der Waals surface area contributed by atoms with Crippen molar-refractivity contribution in [2.75, 3.05) is 0 Å². The highest BCUT2D eigenvalue weighted by atomic mass is 16.5. The molecule has 0 unspecified atom stereocenters. The molecule has 0 saturated carbocycles. The molecule has 2 aromatic rings. The van der Waals surface area contributed by atoms with Crippen molar-refractivity contribution < 1.29 is 9.53 Å². The normalized spacial score (nSPS) is 11.6. The van der Waals surface area contributed by atoms with Crippen LogP contribution in [0.1, 0.15) is 48.3 Å². The first kappa shape index (κ1) is 16.6. The van der Waals surface area contributed by atoms with Gasteiger partial charge in [-0.2, -0.15) is 5.26 Å². The van der Waals surface area contributed by atoms with E-state index in [9.17, 15) is 4.79 Å². The predicted molar refractivity (Wildman–Crippen MR) is 89.2 cm³/mol. The predicted octanol–water partition coefficient (Wildman–Crippen LogP) is 3.84. The van der Waals surface area contributed by atoms with Gasteiger partial charge >= 0.3 is 0 Å². The van der Waals surface area contributed by atoms with Gasteiger partial charge < -0.3 is 10.1 Å². The van der Waals surface area contributed by atoms with E-state index in [1.54, 1.807) is 24.3 Å². The molecular weight excluding hydrogens is 288 g/mol. The summed E-state index contributed by atoms with van der Waals surface area (Å²) in [4.78, 5) is 12.3. The second-order valence-corrected chi connectivity index (χ2v) is 5.63. The summed E-state index contributed by atoms with van der Waals surface area (Å²) in [5, 5.41) is 11.9. The lowest BCUT2D eigenvalue weighted by molar-refractivity contribution is 0.0939. The third-order valence-electron chi connectivity index (χ3n) is 3.33. The number of carbonyl (C=O) groups excluding carboxylic acids is 1. The number of nitriles is 1. The maximum Gasteiger partial charge on any atom is 0.251 e. The van der Waals surface area contributed by atoms with Gasteiger partial charge in [0.1, 0.15) is 5.75 Å². The van der Waals surface area contributed by atoms with Crippen LogP contribution in [-0.4, -0.2) is 12.0 Å². The maximum absolute atomic E-state index is 12.3. The lowest BCUT2D eigenvalue weighted by atomic mass is 10.1. The minimum atomic E-state index is -0.204. The summed E-state index contributed by atoms with van der Waals surface area (Å²) in [6.45, 7) is 5.86. The summed E-state index contributed by atoms with van der Waals surface area (Å²) in [6.07, 6.45) is 0.101. The van der Waals surface area contributed by atoms with E-state index in [1.165, 1.54) is 0 Å². The SMILES string of the molecule is CC(C)Oc1cccc([C@@H](C)NC(=O)c2cccc(C#N)c2)c1. The minimum absolute atomic E-state index is 0.101. The number of benzene rings is 2. The van der Waals surface area contributed by atoms with Gasteiger partial charge in [-0.3, -0.25) is 4.79 Å². The van der Waals surface area contributed by atoms with Crippen molar-refractivity contribution in [3.8, 4) is 11.8 Å². The number of ether oxygens (including phenoxy) is 1. The first-order chi connectivity index (χ1) is 11.0. The van der Waals surface area contributed by atoms with Crippen molar-refractivity contribution in [2.45, 2.75) is 32.9 Å². The number of nitrogens with zero attached hydrogens (tertiary/aromatic N) is 1. The van der Waals surface area contributed by atoms with E-state index >= 15 is 0 Å². The van der Waals surface area contributed by atoms with Gasteiger partial charge in [0.05, 0.1) is 23.8 Å². The number of amides is 1. The van der Waals surface area contributed by atoms with E-state index in [1.807, 2.05) is 51.1 Å². The fraction of sp³-hybridized carbons (Fsp3) is 0.263. The molecule has 2 aromatic carbocycles. The van der Waals surface area contributed by atoms with Crippen LogP contribution >= 0.6 is 0 Å². The van der Waals surface area contributed by atoms with Crippen LogP contribution in [0, 0.1) is 11.3 Å². The standard InChI is InChI=1S/C19H20N2O2/c1-13(2)23-18-9-5-7-16(11-18)14(3)21-19(22)17-8-4-6-15(10-17)12-20/h4-11,13-14H,1-3H3,(H,21,22)/t14-/m1/s1. The number of hydrogen-bond acceptors (Lipinski definition) is 3. The summed E-state index contributed by atoms with van der Waals surface area (Å²) < 4.78 is 5.68. The maximum atomic E-state index is 12.3. The Bertz CT molecular complexity index is 732. The molecule has 0 aliphatic heterocycles. The Hall–Kier alpha value is -2.80. The highest BCUT2D eigenvalue weighted by Gasteiger charge is 2.12. The van der Waals surface area contributed by atoms with Crippen molar-refractivity contribution in [1.29, 1.82) is 5.26 Å². The highest BCUT2D eigenvalue weighted by molar-refractivity contribution is 5.94. The summed E-state index contributed by atoms with van der Waals surface area (Å²) in [7, 11) is 0. The quantitative estimate of drug-likeness (QED) is 0.913. The van der Waals surface area contributed by atoms with E-state index in [0.29, 0.717) is 11.1 Å². The number of nitrogens with one attached hydrogen (secondary N) is 1. The van der Waals surface area contributed by atoms with Crippen molar-refractivity contribution in [1.82, 2.24) is 5.32 Å². The molecule has 2 rings (SSSR count). The van der Waals surface area contributed by atoms with Crippen molar-refractivity contribution in [2.24, 2.45) is 0 Å². The Morgan fingerprint density at radius 2 is 1.87 bits per heavy atom. The Morgan fingerprint density at radius 3 is 2.57 bits per heavy atom. The molecule has 4 heteroatoms. The van der Waals surface area contributed by atoms with Gasteiger partial charge in [-0.1, -0.05) is 18.2 Å². The number of rotatable bonds is 5. The Balaban J connectivity index is 2.10. The molecule has 0 saturated heterocycles. The first-order valence-electron chi connectivity index (χ1n) is 7.57. The van der Waals surface area contributed by atoms with Gasteiger partial charge in [-0.05, 0) is 56.7 Å². The average molecular weight is 308 g/mol. The Kier molecular flexibility index (Phi) is 5.37. The topological polar surface area (TPSA) is 62.1 Å². The largest absolute Gasteiger partial charge is 0.491 e.